The van der Waals surface area contributed by atoms with Crippen LogP contribution in [0.3, 0.4) is 0 Å². The minimum Gasteiger partial charge on any atom is -0.479 e. The number of carbonyl (C=O) groups excluding carboxylic acids is 1. The molecule has 0 spiro atoms. The average Bonchev–Trinajstić information content (AvgIpc) is 2.37. The molecule has 4 N–H and O–H groups in total. The number of rotatable bonds is 9. The Morgan fingerprint density at radius 3 is 2.11 bits per heavy atom. The first-order chi connectivity index (χ1) is 8.84. The molecule has 0 rings (SSSR count). The third kappa shape index (κ3) is 6.00. The number of carbonyl (C=O) groups is 2. The Morgan fingerprint density at radius 1 is 1.11 bits per heavy atom. The molecule has 0 aliphatic heterocycles. The Morgan fingerprint density at radius 2 is 1.68 bits per heavy atom. The van der Waals surface area contributed by atoms with Crippen molar-refractivity contribution in [3.63, 3.8) is 0 Å². The maximum atomic E-state index is 11.3. The molecule has 0 radical (unpaired) electrons. The molecule has 0 aromatic heterocycles. The van der Waals surface area contributed by atoms with Crippen LogP contribution in [0.1, 0.15) is 33.1 Å². The molecular weight excluding hydrogens is 256 g/mol. The van der Waals surface area contributed by atoms with Crippen molar-refractivity contribution in [2.45, 2.75) is 51.4 Å². The summed E-state index contributed by atoms with van der Waals surface area (Å²) >= 11 is 0. The highest BCUT2D eigenvalue weighted by Crippen LogP contribution is 2.14. The first kappa shape index (κ1) is 17.8. The van der Waals surface area contributed by atoms with Gasteiger partial charge in [0.2, 0.25) is 0 Å². The lowest BCUT2D eigenvalue weighted by Crippen LogP contribution is -2.41. The monoisotopic (exact) mass is 278 g/mol. The molecule has 7 nitrogen and oxygen atoms in total. The highest BCUT2D eigenvalue weighted by Gasteiger charge is 2.32. The van der Waals surface area contributed by atoms with Gasteiger partial charge in [-0.05, 0) is 12.8 Å². The van der Waals surface area contributed by atoms with Gasteiger partial charge in [0.25, 0.3) is 0 Å². The standard InChI is InChI=1S/C12H22O7/c1-3-5-8(13)7(4-2)6-19-12(18)10(15)9(14)11(16)17/h7-10,13-15H,3-6H2,1-2H3,(H,16,17). The Labute approximate surface area is 111 Å². The number of hydrogen-bond donors (Lipinski definition) is 4. The molecule has 0 saturated carbocycles. The fraction of sp³-hybridized carbons (Fsp3) is 0.833. The summed E-state index contributed by atoms with van der Waals surface area (Å²) in [4.78, 5) is 21.7. The van der Waals surface area contributed by atoms with Crippen molar-refractivity contribution < 1.29 is 34.8 Å². The summed E-state index contributed by atoms with van der Waals surface area (Å²) in [6, 6.07) is 0. The highest BCUT2D eigenvalue weighted by atomic mass is 16.6. The number of carboxylic acids is 1. The summed E-state index contributed by atoms with van der Waals surface area (Å²) in [5, 5.41) is 36.4. The van der Waals surface area contributed by atoms with E-state index >= 15 is 0 Å². The molecule has 0 aromatic carbocycles. The van der Waals surface area contributed by atoms with E-state index in [0.717, 1.165) is 6.42 Å². The molecule has 0 bridgehead atoms. The van der Waals surface area contributed by atoms with E-state index in [-0.39, 0.29) is 12.5 Å². The smallest absolute Gasteiger partial charge is 0.338 e. The minimum absolute atomic E-state index is 0.125. The number of aliphatic carboxylic acids is 1. The van der Waals surface area contributed by atoms with Crippen LogP contribution in [-0.2, 0) is 14.3 Å². The van der Waals surface area contributed by atoms with Crippen LogP contribution in [0.4, 0.5) is 0 Å². The van der Waals surface area contributed by atoms with E-state index in [1.807, 2.05) is 13.8 Å². The van der Waals surface area contributed by atoms with E-state index in [0.29, 0.717) is 12.8 Å². The van der Waals surface area contributed by atoms with Crippen LogP contribution in [0.25, 0.3) is 0 Å². The number of carboxylic acid groups (broad SMARTS) is 1. The van der Waals surface area contributed by atoms with Gasteiger partial charge in [-0.1, -0.05) is 20.3 Å². The lowest BCUT2D eigenvalue weighted by atomic mass is 9.97. The molecule has 4 unspecified atom stereocenters. The SMILES string of the molecule is CCCC(O)C(CC)COC(=O)C(O)C(O)C(=O)O. The zero-order valence-electron chi connectivity index (χ0n) is 11.2. The lowest BCUT2D eigenvalue weighted by molar-refractivity contribution is -0.171. The van der Waals surface area contributed by atoms with Crippen LogP contribution in [0.5, 0.6) is 0 Å². The summed E-state index contributed by atoms with van der Waals surface area (Å²) in [7, 11) is 0. The van der Waals surface area contributed by atoms with E-state index in [9.17, 15) is 19.8 Å². The predicted molar refractivity (Wildman–Crippen MR) is 65.3 cm³/mol. The minimum atomic E-state index is -2.21. The summed E-state index contributed by atoms with van der Waals surface area (Å²) < 4.78 is 4.72. The molecule has 0 saturated heterocycles. The summed E-state index contributed by atoms with van der Waals surface area (Å²) in [6.45, 7) is 3.61. The largest absolute Gasteiger partial charge is 0.479 e. The Balaban J connectivity index is 4.29. The summed E-state index contributed by atoms with van der Waals surface area (Å²) in [5.74, 6) is -3.20. The van der Waals surface area contributed by atoms with Crippen molar-refractivity contribution in [2.24, 2.45) is 5.92 Å². The number of esters is 1. The quantitative estimate of drug-likeness (QED) is 0.420. The van der Waals surface area contributed by atoms with E-state index in [1.54, 1.807) is 0 Å². The zero-order valence-corrected chi connectivity index (χ0v) is 11.2. The molecule has 0 amide bonds. The van der Waals surface area contributed by atoms with Gasteiger partial charge in [-0.2, -0.15) is 0 Å². The maximum absolute atomic E-state index is 11.3. The molecule has 19 heavy (non-hydrogen) atoms. The first-order valence-electron chi connectivity index (χ1n) is 6.28. The van der Waals surface area contributed by atoms with Gasteiger partial charge in [0, 0.05) is 5.92 Å². The van der Waals surface area contributed by atoms with Crippen LogP contribution >= 0.6 is 0 Å². The Kier molecular flexibility index (Phi) is 8.29. The van der Waals surface area contributed by atoms with Gasteiger partial charge >= 0.3 is 11.9 Å². The maximum Gasteiger partial charge on any atom is 0.338 e. The molecular formula is C12H22O7. The molecule has 0 heterocycles. The Bertz CT molecular complexity index is 292. The summed E-state index contributed by atoms with van der Waals surface area (Å²) in [6.07, 6.45) is -3.04. The van der Waals surface area contributed by atoms with Crippen molar-refractivity contribution in [1.82, 2.24) is 0 Å². The van der Waals surface area contributed by atoms with Crippen molar-refractivity contribution in [3.05, 3.63) is 0 Å². The van der Waals surface area contributed by atoms with Gasteiger partial charge in [0.1, 0.15) is 0 Å². The molecule has 4 atom stereocenters. The first-order valence-corrected chi connectivity index (χ1v) is 6.28. The van der Waals surface area contributed by atoms with Crippen molar-refractivity contribution in [1.29, 1.82) is 0 Å². The number of hydrogen-bond acceptors (Lipinski definition) is 6. The van der Waals surface area contributed by atoms with Gasteiger partial charge in [0.05, 0.1) is 12.7 Å². The second-order valence-corrected chi connectivity index (χ2v) is 4.38. The fourth-order valence-electron chi connectivity index (χ4n) is 1.57. The van der Waals surface area contributed by atoms with Gasteiger partial charge in [-0.3, -0.25) is 0 Å². The number of aliphatic hydroxyl groups is 3. The fourth-order valence-corrected chi connectivity index (χ4v) is 1.57. The van der Waals surface area contributed by atoms with Crippen LogP contribution in [0, 0.1) is 5.92 Å². The molecule has 7 heteroatoms. The topological polar surface area (TPSA) is 124 Å². The van der Waals surface area contributed by atoms with Crippen LogP contribution in [0.2, 0.25) is 0 Å². The van der Waals surface area contributed by atoms with Crippen LogP contribution < -0.4 is 0 Å². The average molecular weight is 278 g/mol. The lowest BCUT2D eigenvalue weighted by Gasteiger charge is -2.22. The van der Waals surface area contributed by atoms with Gasteiger partial charge < -0.3 is 25.2 Å². The second-order valence-electron chi connectivity index (χ2n) is 4.38. The zero-order chi connectivity index (χ0) is 15.0. The predicted octanol–water partition coefficient (Wildman–Crippen LogP) is -0.477. The third-order valence-corrected chi connectivity index (χ3v) is 2.89. The third-order valence-electron chi connectivity index (χ3n) is 2.89. The van der Waals surface area contributed by atoms with E-state index in [4.69, 9.17) is 14.9 Å². The van der Waals surface area contributed by atoms with Crippen molar-refractivity contribution in [2.75, 3.05) is 6.61 Å². The molecule has 112 valence electrons. The van der Waals surface area contributed by atoms with Gasteiger partial charge in [-0.15, -0.1) is 0 Å². The number of aliphatic hydroxyl groups excluding tert-OH is 3. The molecule has 0 aliphatic carbocycles. The van der Waals surface area contributed by atoms with Crippen molar-refractivity contribution >= 4 is 11.9 Å². The Hall–Kier alpha value is -1.18. The van der Waals surface area contributed by atoms with Crippen LogP contribution in [0.15, 0.2) is 0 Å². The van der Waals surface area contributed by atoms with Gasteiger partial charge in [0.15, 0.2) is 12.2 Å². The van der Waals surface area contributed by atoms with E-state index in [2.05, 4.69) is 0 Å². The number of ether oxygens (including phenoxy) is 1. The van der Waals surface area contributed by atoms with E-state index < -0.39 is 30.3 Å². The summed E-state index contributed by atoms with van der Waals surface area (Å²) in [5.41, 5.74) is 0. The van der Waals surface area contributed by atoms with E-state index in [1.165, 1.54) is 0 Å². The van der Waals surface area contributed by atoms with Crippen molar-refractivity contribution in [3.8, 4) is 0 Å². The normalized spacial score (nSPS) is 17.3. The van der Waals surface area contributed by atoms with Gasteiger partial charge in [-0.25, -0.2) is 9.59 Å². The molecule has 0 aromatic rings. The highest BCUT2D eigenvalue weighted by molar-refractivity contribution is 5.84. The molecule has 0 fully saturated rings. The second kappa shape index (κ2) is 8.84. The van der Waals surface area contributed by atoms with Crippen LogP contribution in [-0.4, -0.2) is 57.3 Å². The molecule has 0 aliphatic rings.